The molecule has 6 nitrogen and oxygen atoms in total. The number of carbonyl (C=O) groups excluding carboxylic acids is 1. The SMILES string of the molecule is COC(=O)c1nc([C@@H](N)[C@@H](C)O)oc1C. The Morgan fingerprint density at radius 3 is 2.73 bits per heavy atom. The molecule has 0 unspecified atom stereocenters. The lowest BCUT2D eigenvalue weighted by Crippen LogP contribution is -2.23. The number of carbonyl (C=O) groups is 1. The average Bonchev–Trinajstić information content (AvgIpc) is 2.57. The summed E-state index contributed by atoms with van der Waals surface area (Å²) in [5, 5.41) is 9.23. The highest BCUT2D eigenvalue weighted by atomic mass is 16.5. The Hall–Kier alpha value is -1.40. The minimum atomic E-state index is -0.798. The Kier molecular flexibility index (Phi) is 3.43. The van der Waals surface area contributed by atoms with Crippen molar-refractivity contribution >= 4 is 5.97 Å². The van der Waals surface area contributed by atoms with Crippen molar-refractivity contribution in [2.45, 2.75) is 26.0 Å². The summed E-state index contributed by atoms with van der Waals surface area (Å²) in [6.07, 6.45) is -0.798. The molecule has 0 aliphatic heterocycles. The van der Waals surface area contributed by atoms with Crippen LogP contribution < -0.4 is 5.73 Å². The van der Waals surface area contributed by atoms with Crippen molar-refractivity contribution in [2.24, 2.45) is 5.73 Å². The first-order valence-corrected chi connectivity index (χ1v) is 4.46. The van der Waals surface area contributed by atoms with Gasteiger partial charge in [0.05, 0.1) is 13.2 Å². The lowest BCUT2D eigenvalue weighted by atomic mass is 10.2. The van der Waals surface area contributed by atoms with E-state index in [-0.39, 0.29) is 11.6 Å². The molecule has 1 aromatic rings. The van der Waals surface area contributed by atoms with Gasteiger partial charge in [0.2, 0.25) is 5.89 Å². The second-order valence-corrected chi connectivity index (χ2v) is 3.21. The molecule has 1 heterocycles. The zero-order chi connectivity index (χ0) is 11.6. The molecule has 0 saturated carbocycles. The number of esters is 1. The highest BCUT2D eigenvalue weighted by Crippen LogP contribution is 2.18. The van der Waals surface area contributed by atoms with E-state index in [1.807, 2.05) is 0 Å². The van der Waals surface area contributed by atoms with E-state index in [9.17, 15) is 9.90 Å². The number of hydrogen-bond donors (Lipinski definition) is 2. The van der Waals surface area contributed by atoms with E-state index in [1.165, 1.54) is 14.0 Å². The molecule has 0 aliphatic carbocycles. The molecule has 3 N–H and O–H groups in total. The Bertz CT molecular complexity index is 359. The van der Waals surface area contributed by atoms with Crippen LogP contribution in [0.3, 0.4) is 0 Å². The monoisotopic (exact) mass is 214 g/mol. The molecule has 0 amide bonds. The average molecular weight is 214 g/mol. The second kappa shape index (κ2) is 4.41. The van der Waals surface area contributed by atoms with E-state index < -0.39 is 18.1 Å². The van der Waals surface area contributed by atoms with Crippen molar-refractivity contribution in [3.63, 3.8) is 0 Å². The molecule has 0 saturated heterocycles. The first-order chi connectivity index (χ1) is 6.97. The number of nitrogens with two attached hydrogens (primary N) is 1. The van der Waals surface area contributed by atoms with Crippen molar-refractivity contribution in [3.8, 4) is 0 Å². The van der Waals surface area contributed by atoms with Gasteiger partial charge in [-0.25, -0.2) is 9.78 Å². The van der Waals surface area contributed by atoms with Crippen LogP contribution >= 0.6 is 0 Å². The number of aromatic nitrogens is 1. The van der Waals surface area contributed by atoms with Crippen LogP contribution in [-0.2, 0) is 4.74 Å². The molecule has 0 bridgehead atoms. The molecule has 0 radical (unpaired) electrons. The van der Waals surface area contributed by atoms with E-state index in [0.29, 0.717) is 5.76 Å². The molecule has 0 aliphatic rings. The van der Waals surface area contributed by atoms with Gasteiger partial charge in [-0.05, 0) is 13.8 Å². The van der Waals surface area contributed by atoms with Crippen LogP contribution in [0.15, 0.2) is 4.42 Å². The predicted octanol–water partition coefficient (Wildman–Crippen LogP) is 0.150. The van der Waals surface area contributed by atoms with Crippen LogP contribution in [0, 0.1) is 6.92 Å². The molecule has 84 valence electrons. The van der Waals surface area contributed by atoms with Gasteiger partial charge in [0.1, 0.15) is 11.8 Å². The van der Waals surface area contributed by atoms with Gasteiger partial charge in [-0.2, -0.15) is 0 Å². The summed E-state index contributed by atoms with van der Waals surface area (Å²) in [7, 11) is 1.25. The zero-order valence-corrected chi connectivity index (χ0v) is 8.85. The smallest absolute Gasteiger partial charge is 0.360 e. The lowest BCUT2D eigenvalue weighted by molar-refractivity contribution is 0.0592. The molecule has 15 heavy (non-hydrogen) atoms. The molecule has 0 aromatic carbocycles. The standard InChI is InChI=1S/C9H14N2O4/c1-4(12)6(10)8-11-7(5(2)15-8)9(13)14-3/h4,6,12H,10H2,1-3H3/t4-,6+/m1/s1. The van der Waals surface area contributed by atoms with Gasteiger partial charge in [-0.3, -0.25) is 0 Å². The first-order valence-electron chi connectivity index (χ1n) is 4.46. The van der Waals surface area contributed by atoms with Crippen LogP contribution in [0.25, 0.3) is 0 Å². The minimum absolute atomic E-state index is 0.0867. The third kappa shape index (κ3) is 2.34. The Morgan fingerprint density at radius 1 is 1.67 bits per heavy atom. The third-order valence-electron chi connectivity index (χ3n) is 2.00. The fourth-order valence-corrected chi connectivity index (χ4v) is 1.05. The normalized spacial score (nSPS) is 14.7. The molecule has 0 spiro atoms. The minimum Gasteiger partial charge on any atom is -0.464 e. The maximum absolute atomic E-state index is 11.2. The van der Waals surface area contributed by atoms with Crippen molar-refractivity contribution in [3.05, 3.63) is 17.3 Å². The van der Waals surface area contributed by atoms with Crippen molar-refractivity contribution < 1.29 is 19.1 Å². The Morgan fingerprint density at radius 2 is 2.27 bits per heavy atom. The molecular weight excluding hydrogens is 200 g/mol. The Balaban J connectivity index is 3.00. The number of aliphatic hydroxyl groups is 1. The zero-order valence-electron chi connectivity index (χ0n) is 8.85. The van der Waals surface area contributed by atoms with Crippen LogP contribution in [0.1, 0.15) is 35.1 Å². The fraction of sp³-hybridized carbons (Fsp3) is 0.556. The van der Waals surface area contributed by atoms with E-state index in [4.69, 9.17) is 10.2 Å². The summed E-state index contributed by atoms with van der Waals surface area (Å²) in [6.45, 7) is 3.10. The van der Waals surface area contributed by atoms with Crippen LogP contribution in [0.4, 0.5) is 0 Å². The van der Waals surface area contributed by atoms with Gasteiger partial charge in [0, 0.05) is 0 Å². The van der Waals surface area contributed by atoms with Crippen molar-refractivity contribution in [1.82, 2.24) is 4.98 Å². The summed E-state index contributed by atoms with van der Waals surface area (Å²) in [6, 6.07) is -0.748. The van der Waals surface area contributed by atoms with E-state index in [2.05, 4.69) is 9.72 Å². The molecule has 1 aromatic heterocycles. The first kappa shape index (κ1) is 11.7. The van der Waals surface area contributed by atoms with Gasteiger partial charge >= 0.3 is 5.97 Å². The number of hydrogen-bond acceptors (Lipinski definition) is 6. The van der Waals surface area contributed by atoms with Gasteiger partial charge in [0.25, 0.3) is 0 Å². The molecule has 6 heteroatoms. The highest BCUT2D eigenvalue weighted by molar-refractivity contribution is 5.88. The maximum Gasteiger partial charge on any atom is 0.360 e. The lowest BCUT2D eigenvalue weighted by Gasteiger charge is -2.09. The topological polar surface area (TPSA) is 98.6 Å². The summed E-state index contributed by atoms with van der Waals surface area (Å²) in [5.74, 6) is -0.129. The van der Waals surface area contributed by atoms with Crippen molar-refractivity contribution in [1.29, 1.82) is 0 Å². The predicted molar refractivity (Wildman–Crippen MR) is 51.2 cm³/mol. The summed E-state index contributed by atoms with van der Waals surface area (Å²) in [4.78, 5) is 15.1. The van der Waals surface area contributed by atoms with Crippen LogP contribution in [0.2, 0.25) is 0 Å². The molecule has 0 fully saturated rings. The molecular formula is C9H14N2O4. The number of ether oxygens (including phenoxy) is 1. The number of rotatable bonds is 3. The quantitative estimate of drug-likeness (QED) is 0.695. The van der Waals surface area contributed by atoms with Crippen LogP contribution in [0.5, 0.6) is 0 Å². The summed E-state index contributed by atoms with van der Waals surface area (Å²) in [5.41, 5.74) is 5.69. The summed E-state index contributed by atoms with van der Waals surface area (Å²) < 4.78 is 9.67. The second-order valence-electron chi connectivity index (χ2n) is 3.21. The fourth-order valence-electron chi connectivity index (χ4n) is 1.05. The van der Waals surface area contributed by atoms with Gasteiger partial charge < -0.3 is 20.0 Å². The van der Waals surface area contributed by atoms with Crippen molar-refractivity contribution in [2.75, 3.05) is 7.11 Å². The van der Waals surface area contributed by atoms with E-state index in [0.717, 1.165) is 0 Å². The number of aryl methyl sites for hydroxylation is 1. The number of aliphatic hydroxyl groups excluding tert-OH is 1. The largest absolute Gasteiger partial charge is 0.464 e. The molecule has 2 atom stereocenters. The number of nitrogens with zero attached hydrogens (tertiary/aromatic N) is 1. The van der Waals surface area contributed by atoms with E-state index >= 15 is 0 Å². The van der Waals surface area contributed by atoms with Gasteiger partial charge in [-0.15, -0.1) is 0 Å². The number of oxazole rings is 1. The third-order valence-corrected chi connectivity index (χ3v) is 2.00. The highest BCUT2D eigenvalue weighted by Gasteiger charge is 2.23. The summed E-state index contributed by atoms with van der Waals surface area (Å²) >= 11 is 0. The maximum atomic E-state index is 11.2. The van der Waals surface area contributed by atoms with Crippen LogP contribution in [-0.4, -0.2) is 29.3 Å². The van der Waals surface area contributed by atoms with Gasteiger partial charge in [0.15, 0.2) is 5.69 Å². The number of methoxy groups -OCH3 is 1. The van der Waals surface area contributed by atoms with Gasteiger partial charge in [-0.1, -0.05) is 0 Å². The van der Waals surface area contributed by atoms with E-state index in [1.54, 1.807) is 6.92 Å². The molecule has 1 rings (SSSR count). The Labute approximate surface area is 87.0 Å².